The first-order valence-electron chi connectivity index (χ1n) is 8.78. The molecule has 1 aromatic heterocycles. The van der Waals surface area contributed by atoms with E-state index in [-0.39, 0.29) is 5.82 Å². The van der Waals surface area contributed by atoms with Gasteiger partial charge in [-0.25, -0.2) is 4.39 Å². The Bertz CT molecular complexity index is 703. The van der Waals surface area contributed by atoms with Gasteiger partial charge < -0.3 is 10.6 Å². The van der Waals surface area contributed by atoms with E-state index in [0.29, 0.717) is 23.2 Å². The summed E-state index contributed by atoms with van der Waals surface area (Å²) in [6.07, 6.45) is 4.83. The summed E-state index contributed by atoms with van der Waals surface area (Å²) in [4.78, 5) is 4.14. The van der Waals surface area contributed by atoms with Crippen molar-refractivity contribution in [3.8, 4) is 0 Å². The summed E-state index contributed by atoms with van der Waals surface area (Å²) in [5.41, 5.74) is 0.817. The molecule has 0 spiro atoms. The van der Waals surface area contributed by atoms with Crippen LogP contribution in [0.4, 0.5) is 10.1 Å². The standard InChI is InChI=1S/C19H22FN3S2/c20-13-3-5-14(6-4-13)21-19(24)22-15-10-16-7-8-17(11-15)23(16)12-18-2-1-9-25-18/h1-6,9,15-17H,7-8,10-12H2,(H2,21,22,24). The predicted octanol–water partition coefficient (Wildman–Crippen LogP) is 4.37. The maximum atomic E-state index is 13.0. The summed E-state index contributed by atoms with van der Waals surface area (Å²) in [7, 11) is 0. The van der Waals surface area contributed by atoms with E-state index < -0.39 is 0 Å². The fourth-order valence-electron chi connectivity index (χ4n) is 4.12. The van der Waals surface area contributed by atoms with Gasteiger partial charge in [-0.05, 0) is 73.6 Å². The van der Waals surface area contributed by atoms with Crippen LogP contribution in [0.1, 0.15) is 30.6 Å². The zero-order valence-corrected chi connectivity index (χ0v) is 15.6. The van der Waals surface area contributed by atoms with Gasteiger partial charge in [0.1, 0.15) is 5.82 Å². The van der Waals surface area contributed by atoms with Crippen LogP contribution in [-0.4, -0.2) is 28.1 Å². The SMILES string of the molecule is Fc1ccc(NC(=S)NC2CC3CCC(C2)N3Cc2cccs2)cc1. The number of fused-ring (bicyclic) bond motifs is 2. The van der Waals surface area contributed by atoms with Crippen molar-refractivity contribution in [2.24, 2.45) is 0 Å². The van der Waals surface area contributed by atoms with Gasteiger partial charge >= 0.3 is 0 Å². The number of hydrogen-bond acceptors (Lipinski definition) is 3. The molecule has 2 atom stereocenters. The second-order valence-electron chi connectivity index (χ2n) is 6.91. The topological polar surface area (TPSA) is 27.3 Å². The molecular weight excluding hydrogens is 353 g/mol. The number of nitrogens with one attached hydrogen (secondary N) is 2. The molecule has 6 heteroatoms. The number of hydrogen-bond donors (Lipinski definition) is 2. The maximum Gasteiger partial charge on any atom is 0.170 e. The van der Waals surface area contributed by atoms with E-state index in [1.165, 1.54) is 29.9 Å². The van der Waals surface area contributed by atoms with Crippen LogP contribution in [0.5, 0.6) is 0 Å². The lowest BCUT2D eigenvalue weighted by molar-refractivity contribution is 0.116. The number of rotatable bonds is 4. The Morgan fingerprint density at radius 1 is 1.16 bits per heavy atom. The highest BCUT2D eigenvalue weighted by Crippen LogP contribution is 2.37. The number of thiophene rings is 1. The zero-order chi connectivity index (χ0) is 17.2. The van der Waals surface area contributed by atoms with Crippen LogP contribution < -0.4 is 10.6 Å². The van der Waals surface area contributed by atoms with Crippen molar-refractivity contribution >= 4 is 34.4 Å². The van der Waals surface area contributed by atoms with E-state index in [0.717, 1.165) is 25.1 Å². The van der Waals surface area contributed by atoms with Gasteiger partial charge in [-0.3, -0.25) is 4.90 Å². The summed E-state index contributed by atoms with van der Waals surface area (Å²) >= 11 is 7.29. The van der Waals surface area contributed by atoms with E-state index >= 15 is 0 Å². The van der Waals surface area contributed by atoms with Gasteiger partial charge in [0.05, 0.1) is 0 Å². The van der Waals surface area contributed by atoms with Crippen LogP contribution in [0.25, 0.3) is 0 Å². The fourth-order valence-corrected chi connectivity index (χ4v) is 5.12. The van der Waals surface area contributed by atoms with E-state index in [4.69, 9.17) is 12.2 Å². The molecule has 25 heavy (non-hydrogen) atoms. The Hall–Kier alpha value is -1.50. The van der Waals surface area contributed by atoms with Crippen molar-refractivity contribution in [3.05, 3.63) is 52.5 Å². The van der Waals surface area contributed by atoms with Gasteiger partial charge in [0.25, 0.3) is 0 Å². The van der Waals surface area contributed by atoms with Crippen molar-refractivity contribution in [1.82, 2.24) is 10.2 Å². The quantitative estimate of drug-likeness (QED) is 0.776. The molecule has 2 fully saturated rings. The molecule has 2 aliphatic rings. The van der Waals surface area contributed by atoms with E-state index in [1.54, 1.807) is 12.1 Å². The first-order valence-corrected chi connectivity index (χ1v) is 10.1. The second kappa shape index (κ2) is 7.40. The third kappa shape index (κ3) is 4.02. The van der Waals surface area contributed by atoms with Crippen LogP contribution in [0.3, 0.4) is 0 Å². The molecule has 2 bridgehead atoms. The molecule has 2 aliphatic heterocycles. The van der Waals surface area contributed by atoms with Crippen LogP contribution in [0.15, 0.2) is 41.8 Å². The average molecular weight is 376 g/mol. The van der Waals surface area contributed by atoms with E-state index in [2.05, 4.69) is 33.0 Å². The first-order chi connectivity index (χ1) is 12.2. The van der Waals surface area contributed by atoms with Gasteiger partial charge in [-0.15, -0.1) is 11.3 Å². The maximum absolute atomic E-state index is 13.0. The summed E-state index contributed by atoms with van der Waals surface area (Å²) in [5, 5.41) is 9.41. The van der Waals surface area contributed by atoms with Gasteiger partial charge in [0.15, 0.2) is 5.11 Å². The Balaban J connectivity index is 1.31. The number of anilines is 1. The van der Waals surface area contributed by atoms with Crippen LogP contribution in [0.2, 0.25) is 0 Å². The molecule has 4 rings (SSSR count). The number of benzene rings is 1. The number of halogens is 1. The lowest BCUT2D eigenvalue weighted by Gasteiger charge is -2.39. The third-order valence-electron chi connectivity index (χ3n) is 5.24. The Morgan fingerprint density at radius 2 is 1.88 bits per heavy atom. The van der Waals surface area contributed by atoms with Crippen molar-refractivity contribution in [2.75, 3.05) is 5.32 Å². The Kier molecular flexibility index (Phi) is 5.01. The largest absolute Gasteiger partial charge is 0.360 e. The monoisotopic (exact) mass is 375 g/mol. The minimum atomic E-state index is -0.237. The molecule has 3 nitrogen and oxygen atoms in total. The Morgan fingerprint density at radius 3 is 2.52 bits per heavy atom. The number of thiocarbonyl (C=S) groups is 1. The van der Waals surface area contributed by atoms with Gasteiger partial charge in [-0.1, -0.05) is 6.07 Å². The smallest absolute Gasteiger partial charge is 0.170 e. The minimum Gasteiger partial charge on any atom is -0.360 e. The summed E-state index contributed by atoms with van der Waals surface area (Å²) in [6, 6.07) is 12.4. The van der Waals surface area contributed by atoms with Crippen molar-refractivity contribution < 1.29 is 4.39 Å². The highest BCUT2D eigenvalue weighted by atomic mass is 32.1. The van der Waals surface area contributed by atoms with Gasteiger partial charge in [-0.2, -0.15) is 0 Å². The fraction of sp³-hybridized carbons (Fsp3) is 0.421. The minimum absolute atomic E-state index is 0.237. The van der Waals surface area contributed by atoms with Crippen molar-refractivity contribution in [3.63, 3.8) is 0 Å². The first kappa shape index (κ1) is 16.9. The molecule has 0 aliphatic carbocycles. The predicted molar refractivity (Wildman–Crippen MR) is 105 cm³/mol. The molecule has 2 unspecified atom stereocenters. The summed E-state index contributed by atoms with van der Waals surface area (Å²) in [5.74, 6) is -0.237. The molecule has 2 saturated heterocycles. The molecule has 0 saturated carbocycles. The van der Waals surface area contributed by atoms with Gasteiger partial charge in [0.2, 0.25) is 0 Å². The van der Waals surface area contributed by atoms with Gasteiger partial charge in [0, 0.05) is 35.2 Å². The summed E-state index contributed by atoms with van der Waals surface area (Å²) in [6.45, 7) is 1.08. The second-order valence-corrected chi connectivity index (χ2v) is 8.35. The zero-order valence-electron chi connectivity index (χ0n) is 14.0. The lowest BCUT2D eigenvalue weighted by Crippen LogP contribution is -2.50. The molecular formula is C19H22FN3S2. The van der Waals surface area contributed by atoms with Crippen LogP contribution in [-0.2, 0) is 6.54 Å². The van der Waals surface area contributed by atoms with Crippen molar-refractivity contribution in [1.29, 1.82) is 0 Å². The molecule has 0 amide bonds. The molecule has 2 aromatic rings. The normalized spacial score (nSPS) is 25.7. The third-order valence-corrected chi connectivity index (χ3v) is 6.32. The molecule has 3 heterocycles. The number of nitrogens with zero attached hydrogens (tertiary/aromatic N) is 1. The molecule has 1 aromatic carbocycles. The molecule has 132 valence electrons. The summed E-state index contributed by atoms with van der Waals surface area (Å²) < 4.78 is 13.0. The highest BCUT2D eigenvalue weighted by molar-refractivity contribution is 7.80. The average Bonchev–Trinajstić information content (AvgIpc) is 3.17. The van der Waals surface area contributed by atoms with Crippen LogP contribution >= 0.6 is 23.6 Å². The molecule has 0 radical (unpaired) electrons. The lowest BCUT2D eigenvalue weighted by atomic mass is 9.97. The highest BCUT2D eigenvalue weighted by Gasteiger charge is 2.40. The molecule has 2 N–H and O–H groups in total. The van der Waals surface area contributed by atoms with Crippen LogP contribution in [0, 0.1) is 5.82 Å². The Labute approximate surface area is 157 Å². The van der Waals surface area contributed by atoms with Crippen molar-refractivity contribution in [2.45, 2.75) is 50.4 Å². The van der Waals surface area contributed by atoms with E-state index in [1.807, 2.05) is 11.3 Å². The number of piperidine rings is 1. The van der Waals surface area contributed by atoms with E-state index in [9.17, 15) is 4.39 Å².